The Labute approximate surface area is 139 Å². The van der Waals surface area contributed by atoms with Crippen molar-refractivity contribution in [3.05, 3.63) is 40.4 Å². The third kappa shape index (κ3) is 5.49. The minimum atomic E-state index is -0.821. The molecule has 0 aliphatic heterocycles. The van der Waals surface area contributed by atoms with E-state index in [1.54, 1.807) is 18.2 Å². The van der Waals surface area contributed by atoms with Gasteiger partial charge < -0.3 is 15.4 Å². The molecule has 24 heavy (non-hydrogen) atoms. The van der Waals surface area contributed by atoms with Crippen LogP contribution in [0.3, 0.4) is 0 Å². The van der Waals surface area contributed by atoms with E-state index in [0.29, 0.717) is 55.4 Å². The van der Waals surface area contributed by atoms with Gasteiger partial charge in [0.25, 0.3) is 5.56 Å². The first-order valence-electron chi connectivity index (χ1n) is 8.02. The minimum absolute atomic E-state index is 0.0755. The second-order valence-corrected chi connectivity index (χ2v) is 5.58. The Morgan fingerprint density at radius 2 is 1.92 bits per heavy atom. The number of amides is 1. The number of benzene rings is 1. The average Bonchev–Trinajstić information content (AvgIpc) is 2.54. The molecule has 0 fully saturated rings. The van der Waals surface area contributed by atoms with Gasteiger partial charge in [0.1, 0.15) is 5.82 Å². The van der Waals surface area contributed by atoms with Crippen LogP contribution in [0.25, 0.3) is 10.9 Å². The van der Waals surface area contributed by atoms with E-state index in [1.807, 2.05) is 6.07 Å². The number of hydrogen-bond donors (Lipinski definition) is 3. The summed E-state index contributed by atoms with van der Waals surface area (Å²) in [6.45, 7) is 0.483. The number of aliphatic carboxylic acids is 1. The summed E-state index contributed by atoms with van der Waals surface area (Å²) in [6, 6.07) is 7.14. The fourth-order valence-electron chi connectivity index (χ4n) is 2.39. The highest BCUT2D eigenvalue weighted by Crippen LogP contribution is 2.07. The summed E-state index contributed by atoms with van der Waals surface area (Å²) in [6.07, 6.45) is 2.77. The Kier molecular flexibility index (Phi) is 6.48. The lowest BCUT2D eigenvalue weighted by Crippen LogP contribution is -2.24. The van der Waals surface area contributed by atoms with Gasteiger partial charge in [-0.3, -0.25) is 14.4 Å². The molecule has 1 heterocycles. The predicted molar refractivity (Wildman–Crippen MR) is 89.8 cm³/mol. The first-order chi connectivity index (χ1) is 11.6. The number of nitrogens with one attached hydrogen (secondary N) is 2. The molecule has 0 bridgehead atoms. The van der Waals surface area contributed by atoms with Gasteiger partial charge in [0.15, 0.2) is 0 Å². The Balaban J connectivity index is 1.73. The molecular weight excluding hydrogens is 310 g/mol. The van der Waals surface area contributed by atoms with Crippen molar-refractivity contribution in [3.8, 4) is 0 Å². The van der Waals surface area contributed by atoms with Crippen LogP contribution >= 0.6 is 0 Å². The van der Waals surface area contributed by atoms with Crippen LogP contribution in [0, 0.1) is 0 Å². The van der Waals surface area contributed by atoms with Crippen LogP contribution in [0.2, 0.25) is 0 Å². The van der Waals surface area contributed by atoms with E-state index < -0.39 is 5.97 Å². The zero-order valence-corrected chi connectivity index (χ0v) is 13.4. The number of H-pyrrole nitrogens is 1. The topological polar surface area (TPSA) is 112 Å². The number of carboxylic acids is 1. The van der Waals surface area contributed by atoms with Crippen molar-refractivity contribution in [3.63, 3.8) is 0 Å². The van der Waals surface area contributed by atoms with E-state index in [4.69, 9.17) is 5.11 Å². The predicted octanol–water partition coefficient (Wildman–Crippen LogP) is 1.62. The van der Waals surface area contributed by atoms with Crippen molar-refractivity contribution < 1.29 is 14.7 Å². The molecule has 0 radical (unpaired) electrons. The molecule has 0 saturated carbocycles. The Hall–Kier alpha value is -2.70. The molecule has 0 saturated heterocycles. The number of carbonyl (C=O) groups excluding carboxylic acids is 1. The number of carboxylic acid groups (broad SMARTS) is 1. The molecule has 128 valence electrons. The van der Waals surface area contributed by atoms with Crippen molar-refractivity contribution in [1.82, 2.24) is 15.3 Å². The lowest BCUT2D eigenvalue weighted by atomic mass is 10.2. The van der Waals surface area contributed by atoms with E-state index in [1.165, 1.54) is 0 Å². The van der Waals surface area contributed by atoms with Crippen LogP contribution in [0.15, 0.2) is 29.1 Å². The standard InChI is InChI=1S/C17H21N3O4/c21-15(18-11-4-3-10-16(22)23)9-5-8-14-19-13-7-2-1-6-12(13)17(24)20-14/h1-2,6-7H,3-5,8-11H2,(H,18,21)(H,22,23)(H,19,20,24). The van der Waals surface area contributed by atoms with Crippen LogP contribution in [0.4, 0.5) is 0 Å². The molecule has 7 nitrogen and oxygen atoms in total. The van der Waals surface area contributed by atoms with Gasteiger partial charge in [-0.15, -0.1) is 0 Å². The second-order valence-electron chi connectivity index (χ2n) is 5.58. The second kappa shape index (κ2) is 8.81. The van der Waals surface area contributed by atoms with Gasteiger partial charge in [-0.05, 0) is 31.4 Å². The van der Waals surface area contributed by atoms with Gasteiger partial charge in [0.05, 0.1) is 10.9 Å². The van der Waals surface area contributed by atoms with Crippen molar-refractivity contribution >= 4 is 22.8 Å². The van der Waals surface area contributed by atoms with Gasteiger partial charge in [0.2, 0.25) is 5.91 Å². The number of aryl methyl sites for hydroxylation is 1. The fourth-order valence-corrected chi connectivity index (χ4v) is 2.39. The van der Waals surface area contributed by atoms with Crippen LogP contribution in [0.1, 0.15) is 37.9 Å². The van der Waals surface area contributed by atoms with Gasteiger partial charge in [0, 0.05) is 25.8 Å². The number of fused-ring (bicyclic) bond motifs is 1. The molecule has 0 aliphatic carbocycles. The number of rotatable bonds is 9. The molecule has 0 unspecified atom stereocenters. The Morgan fingerprint density at radius 1 is 1.12 bits per heavy atom. The van der Waals surface area contributed by atoms with Gasteiger partial charge in [-0.1, -0.05) is 12.1 Å². The van der Waals surface area contributed by atoms with E-state index in [-0.39, 0.29) is 17.9 Å². The largest absolute Gasteiger partial charge is 0.481 e. The summed E-state index contributed by atoms with van der Waals surface area (Å²) in [7, 11) is 0. The minimum Gasteiger partial charge on any atom is -0.481 e. The first-order valence-corrected chi connectivity index (χ1v) is 8.02. The van der Waals surface area contributed by atoms with Crippen LogP contribution in [-0.2, 0) is 16.0 Å². The maximum absolute atomic E-state index is 11.9. The molecule has 0 aliphatic rings. The molecule has 2 rings (SSSR count). The smallest absolute Gasteiger partial charge is 0.303 e. The van der Waals surface area contributed by atoms with E-state index in [0.717, 1.165) is 0 Å². The quantitative estimate of drug-likeness (QED) is 0.604. The summed E-state index contributed by atoms with van der Waals surface area (Å²) < 4.78 is 0. The molecule has 0 atom stereocenters. The van der Waals surface area contributed by atoms with E-state index in [9.17, 15) is 14.4 Å². The van der Waals surface area contributed by atoms with E-state index in [2.05, 4.69) is 15.3 Å². The van der Waals surface area contributed by atoms with Crippen LogP contribution in [-0.4, -0.2) is 33.5 Å². The summed E-state index contributed by atoms with van der Waals surface area (Å²) >= 11 is 0. The fraction of sp³-hybridized carbons (Fsp3) is 0.412. The van der Waals surface area contributed by atoms with Crippen LogP contribution < -0.4 is 10.9 Å². The molecular formula is C17H21N3O4. The van der Waals surface area contributed by atoms with Gasteiger partial charge >= 0.3 is 5.97 Å². The molecule has 1 aromatic heterocycles. The van der Waals surface area contributed by atoms with E-state index >= 15 is 0 Å². The number of hydrogen-bond acceptors (Lipinski definition) is 4. The molecule has 2 aromatic rings. The first kappa shape index (κ1) is 17.7. The summed E-state index contributed by atoms with van der Waals surface area (Å²) in [5.74, 6) is -0.320. The lowest BCUT2D eigenvalue weighted by Gasteiger charge is -2.05. The number of nitrogens with zero attached hydrogens (tertiary/aromatic N) is 1. The molecule has 1 amide bonds. The summed E-state index contributed by atoms with van der Waals surface area (Å²) in [5, 5.41) is 11.8. The van der Waals surface area contributed by atoms with Crippen molar-refractivity contribution in [2.75, 3.05) is 6.54 Å². The van der Waals surface area contributed by atoms with Crippen molar-refractivity contribution in [2.24, 2.45) is 0 Å². The highest BCUT2D eigenvalue weighted by molar-refractivity contribution is 5.77. The number of aromatic nitrogens is 2. The number of aromatic amines is 1. The zero-order chi connectivity index (χ0) is 17.4. The number of carbonyl (C=O) groups is 2. The summed E-state index contributed by atoms with van der Waals surface area (Å²) in [5.41, 5.74) is 0.484. The third-order valence-electron chi connectivity index (χ3n) is 3.62. The average molecular weight is 331 g/mol. The van der Waals surface area contributed by atoms with Crippen molar-refractivity contribution in [1.29, 1.82) is 0 Å². The van der Waals surface area contributed by atoms with Crippen LogP contribution in [0.5, 0.6) is 0 Å². The third-order valence-corrected chi connectivity index (χ3v) is 3.62. The zero-order valence-electron chi connectivity index (χ0n) is 13.4. The lowest BCUT2D eigenvalue weighted by molar-refractivity contribution is -0.137. The summed E-state index contributed by atoms with van der Waals surface area (Å²) in [4.78, 5) is 41.1. The van der Waals surface area contributed by atoms with Crippen molar-refractivity contribution in [2.45, 2.75) is 38.5 Å². The van der Waals surface area contributed by atoms with Gasteiger partial charge in [-0.2, -0.15) is 0 Å². The van der Waals surface area contributed by atoms with Gasteiger partial charge in [-0.25, -0.2) is 4.98 Å². The molecule has 1 aromatic carbocycles. The SMILES string of the molecule is O=C(O)CCCCNC(=O)CCCc1nc2ccccc2c(=O)[nH]1. The monoisotopic (exact) mass is 331 g/mol. The highest BCUT2D eigenvalue weighted by Gasteiger charge is 2.05. The molecule has 3 N–H and O–H groups in total. The maximum atomic E-state index is 11.9. The number of para-hydroxylation sites is 1. The molecule has 0 spiro atoms. The number of unbranched alkanes of at least 4 members (excludes halogenated alkanes) is 1. The normalized spacial score (nSPS) is 10.7. The Morgan fingerprint density at radius 3 is 2.71 bits per heavy atom. The maximum Gasteiger partial charge on any atom is 0.303 e. The molecule has 7 heteroatoms. The Bertz CT molecular complexity index is 770. The highest BCUT2D eigenvalue weighted by atomic mass is 16.4.